The summed E-state index contributed by atoms with van der Waals surface area (Å²) in [4.78, 5) is 17.5. The molecule has 0 aliphatic carbocycles. The van der Waals surface area contributed by atoms with Crippen molar-refractivity contribution < 1.29 is 14.6 Å². The number of anilines is 3. The van der Waals surface area contributed by atoms with Gasteiger partial charge in [-0.05, 0) is 17.7 Å². The van der Waals surface area contributed by atoms with Crippen molar-refractivity contribution in [3.05, 3.63) is 35.5 Å². The van der Waals surface area contributed by atoms with Gasteiger partial charge < -0.3 is 25.8 Å². The Kier molecular flexibility index (Phi) is 4.64. The van der Waals surface area contributed by atoms with Gasteiger partial charge in [-0.1, -0.05) is 5.21 Å². The van der Waals surface area contributed by atoms with Crippen LogP contribution in [0.4, 0.5) is 17.3 Å². The van der Waals surface area contributed by atoms with Gasteiger partial charge in [0, 0.05) is 20.2 Å². The Morgan fingerprint density at radius 1 is 1.35 bits per heavy atom. The van der Waals surface area contributed by atoms with Crippen LogP contribution in [0.15, 0.2) is 24.4 Å². The zero-order chi connectivity index (χ0) is 21.5. The van der Waals surface area contributed by atoms with E-state index in [-0.39, 0.29) is 25.4 Å². The quantitative estimate of drug-likeness (QED) is 0.360. The van der Waals surface area contributed by atoms with Crippen LogP contribution < -0.4 is 16.0 Å². The Hall–Kier alpha value is -3.77. The van der Waals surface area contributed by atoms with E-state index in [0.717, 1.165) is 11.1 Å². The van der Waals surface area contributed by atoms with Gasteiger partial charge in [-0.15, -0.1) is 5.10 Å². The lowest BCUT2D eigenvalue weighted by Crippen LogP contribution is -2.40. The fourth-order valence-corrected chi connectivity index (χ4v) is 3.59. The highest BCUT2D eigenvalue weighted by atomic mass is 16.5. The number of hydrogen-bond acceptors (Lipinski definition) is 9. The van der Waals surface area contributed by atoms with Crippen LogP contribution in [0.3, 0.4) is 0 Å². The van der Waals surface area contributed by atoms with E-state index in [2.05, 4.69) is 36.3 Å². The van der Waals surface area contributed by atoms with Gasteiger partial charge in [-0.25, -0.2) is 9.67 Å². The average molecular weight is 423 g/mol. The molecule has 0 spiro atoms. The van der Waals surface area contributed by atoms with Crippen LogP contribution in [0.25, 0.3) is 16.7 Å². The molecule has 0 fully saturated rings. The number of aryl methyl sites for hydroxylation is 1. The maximum absolute atomic E-state index is 12.8. The second kappa shape index (κ2) is 7.49. The molecule has 0 unspecified atom stereocenters. The lowest BCUT2D eigenvalue weighted by atomic mass is 10.1. The summed E-state index contributed by atoms with van der Waals surface area (Å²) in [6.07, 6.45) is 1.45. The zero-order valence-electron chi connectivity index (χ0n) is 17.0. The number of fused-ring (bicyclic) bond motifs is 5. The first-order valence-corrected chi connectivity index (χ1v) is 9.72. The summed E-state index contributed by atoms with van der Waals surface area (Å²) in [5, 5.41) is 31.5. The monoisotopic (exact) mass is 423 g/mol. The maximum atomic E-state index is 12.8. The molecule has 1 aliphatic heterocycles. The van der Waals surface area contributed by atoms with E-state index in [1.807, 2.05) is 19.2 Å². The molecule has 160 valence electrons. The van der Waals surface area contributed by atoms with Gasteiger partial charge >= 0.3 is 0 Å². The first-order chi connectivity index (χ1) is 15.1. The molecule has 12 heteroatoms. The first-order valence-electron chi connectivity index (χ1n) is 9.72. The molecule has 4 bridgehead atoms. The Morgan fingerprint density at radius 3 is 3.03 bits per heavy atom. The summed E-state index contributed by atoms with van der Waals surface area (Å²) in [5.41, 5.74) is 3.78. The van der Waals surface area contributed by atoms with Crippen molar-refractivity contribution in [3.63, 3.8) is 0 Å². The smallest absolute Gasteiger partial charge is 0.257 e. The molecular weight excluding hydrogens is 402 g/mol. The molecule has 4 heterocycles. The summed E-state index contributed by atoms with van der Waals surface area (Å²) >= 11 is 0. The molecule has 3 aromatic heterocycles. The molecule has 31 heavy (non-hydrogen) atoms. The van der Waals surface area contributed by atoms with E-state index in [1.54, 1.807) is 22.3 Å². The molecule has 4 N–H and O–H groups in total. The number of aliphatic hydroxyl groups is 1. The minimum absolute atomic E-state index is 0.145. The molecular formula is C19H21N9O3. The van der Waals surface area contributed by atoms with Gasteiger partial charge in [-0.2, -0.15) is 9.61 Å². The van der Waals surface area contributed by atoms with Crippen molar-refractivity contribution in [2.75, 3.05) is 30.9 Å². The Labute approximate surface area is 176 Å². The number of rotatable bonds is 2. The topological polar surface area (TPSA) is 144 Å². The minimum Gasteiger partial charge on any atom is -0.394 e. The van der Waals surface area contributed by atoms with Crippen molar-refractivity contribution >= 4 is 39.9 Å². The van der Waals surface area contributed by atoms with Crippen molar-refractivity contribution in [1.82, 2.24) is 34.9 Å². The Morgan fingerprint density at radius 2 is 2.23 bits per heavy atom. The van der Waals surface area contributed by atoms with Crippen LogP contribution in [-0.2, 0) is 18.4 Å². The Bertz CT molecular complexity index is 1300. The highest BCUT2D eigenvalue weighted by molar-refractivity contribution is 6.00. The summed E-state index contributed by atoms with van der Waals surface area (Å²) < 4.78 is 9.01. The molecule has 0 radical (unpaired) electrons. The lowest BCUT2D eigenvalue weighted by molar-refractivity contribution is 0.0676. The molecule has 1 atom stereocenters. The minimum atomic E-state index is -0.572. The molecule has 12 nitrogen and oxygen atoms in total. The lowest BCUT2D eigenvalue weighted by Gasteiger charge is -2.17. The maximum Gasteiger partial charge on any atom is 0.257 e. The van der Waals surface area contributed by atoms with Crippen LogP contribution in [0.2, 0.25) is 0 Å². The molecule has 5 rings (SSSR count). The highest BCUT2D eigenvalue weighted by Gasteiger charge is 2.21. The number of nitrogens with one attached hydrogen (secondary N) is 3. The van der Waals surface area contributed by atoms with Gasteiger partial charge in [0.05, 0.1) is 43.3 Å². The van der Waals surface area contributed by atoms with E-state index in [1.165, 1.54) is 6.20 Å². The number of hydrogen-bond donors (Lipinski definition) is 4. The van der Waals surface area contributed by atoms with Crippen LogP contribution in [0.5, 0.6) is 0 Å². The molecule has 1 aliphatic rings. The number of carbonyl (C=O) groups is 1. The summed E-state index contributed by atoms with van der Waals surface area (Å²) in [5.74, 6) is 0.760. The third-order valence-electron chi connectivity index (χ3n) is 5.16. The fourth-order valence-electron chi connectivity index (χ4n) is 3.59. The summed E-state index contributed by atoms with van der Waals surface area (Å²) in [6.45, 7) is 0.171. The van der Waals surface area contributed by atoms with Gasteiger partial charge in [-0.3, -0.25) is 4.79 Å². The largest absolute Gasteiger partial charge is 0.394 e. The van der Waals surface area contributed by atoms with E-state index < -0.39 is 11.9 Å². The van der Waals surface area contributed by atoms with E-state index >= 15 is 0 Å². The number of aromatic nitrogens is 6. The third-order valence-corrected chi connectivity index (χ3v) is 5.16. The number of amides is 1. The highest BCUT2D eigenvalue weighted by Crippen LogP contribution is 2.28. The van der Waals surface area contributed by atoms with E-state index in [0.29, 0.717) is 28.5 Å². The standard InChI is InChI=1S/C19H21N9O3/c1-20-16-5-15-23-13-3-10(4-14-17(13)25-26-27(14)2)8-31-9-11(7-29)22-19(30)12-6-21-28(16)18(12)24-15/h3-6,11,20,29H,7-9H2,1-2H3,(H,22,30)(H,23,24)/t11-/m1/s1. The predicted octanol–water partition coefficient (Wildman–Crippen LogP) is 0.417. The molecule has 1 amide bonds. The zero-order valence-corrected chi connectivity index (χ0v) is 17.0. The second-order valence-electron chi connectivity index (χ2n) is 7.29. The van der Waals surface area contributed by atoms with Crippen LogP contribution >= 0.6 is 0 Å². The number of ether oxygens (including phenoxy) is 1. The van der Waals surface area contributed by atoms with Crippen LogP contribution in [-0.4, -0.2) is 66.9 Å². The van der Waals surface area contributed by atoms with Gasteiger partial charge in [0.1, 0.15) is 22.7 Å². The molecule has 0 saturated heterocycles. The summed E-state index contributed by atoms with van der Waals surface area (Å²) in [6, 6.07) is 5.09. The van der Waals surface area contributed by atoms with Crippen molar-refractivity contribution in [3.8, 4) is 0 Å². The van der Waals surface area contributed by atoms with Crippen molar-refractivity contribution in [1.29, 1.82) is 0 Å². The van der Waals surface area contributed by atoms with E-state index in [9.17, 15) is 9.90 Å². The number of carbonyl (C=O) groups excluding carboxylic acids is 1. The molecule has 4 aromatic rings. The fraction of sp³-hybridized carbons (Fsp3) is 0.316. The number of aliphatic hydroxyl groups excluding tert-OH is 1. The van der Waals surface area contributed by atoms with E-state index in [4.69, 9.17) is 4.74 Å². The van der Waals surface area contributed by atoms with Gasteiger partial charge in [0.25, 0.3) is 5.91 Å². The van der Waals surface area contributed by atoms with Crippen molar-refractivity contribution in [2.45, 2.75) is 12.6 Å². The SMILES string of the molecule is CNc1cc2nc3c(cnn13)C(=O)N[C@H](CO)COCc1cc(c3nnn(C)c3c1)N2. The van der Waals surface area contributed by atoms with Crippen LogP contribution in [0.1, 0.15) is 15.9 Å². The molecule has 1 aromatic carbocycles. The van der Waals surface area contributed by atoms with Crippen molar-refractivity contribution in [2.24, 2.45) is 7.05 Å². The van der Waals surface area contributed by atoms with Gasteiger partial charge in [0.15, 0.2) is 5.65 Å². The number of nitrogens with zero attached hydrogens (tertiary/aromatic N) is 6. The predicted molar refractivity (Wildman–Crippen MR) is 112 cm³/mol. The second-order valence-corrected chi connectivity index (χ2v) is 7.29. The Balaban J connectivity index is 1.71. The third kappa shape index (κ3) is 3.31. The first kappa shape index (κ1) is 19.2. The molecule has 0 saturated carbocycles. The normalized spacial score (nSPS) is 16.9. The van der Waals surface area contributed by atoms with Gasteiger partial charge in [0.2, 0.25) is 0 Å². The van der Waals surface area contributed by atoms with Crippen LogP contribution in [0, 0.1) is 0 Å². The average Bonchev–Trinajstić information content (AvgIpc) is 3.36. The number of benzene rings is 1. The summed E-state index contributed by atoms with van der Waals surface area (Å²) in [7, 11) is 3.58.